The largest absolute Gasteiger partial charge is 0.481 e. The molecular formula is C12H19NO4. The van der Waals surface area contributed by atoms with Gasteiger partial charge in [0.2, 0.25) is 0 Å². The van der Waals surface area contributed by atoms with Crippen molar-refractivity contribution in [2.24, 2.45) is 5.92 Å². The summed E-state index contributed by atoms with van der Waals surface area (Å²) in [7, 11) is 0. The van der Waals surface area contributed by atoms with Crippen LogP contribution in [0.15, 0.2) is 22.8 Å². The molecule has 96 valence electrons. The van der Waals surface area contributed by atoms with Crippen molar-refractivity contribution in [1.29, 1.82) is 0 Å². The minimum atomic E-state index is -0.807. The lowest BCUT2D eigenvalue weighted by Crippen LogP contribution is -2.32. The van der Waals surface area contributed by atoms with Crippen LogP contribution >= 0.6 is 0 Å². The van der Waals surface area contributed by atoms with Crippen LogP contribution in [-0.4, -0.2) is 40.8 Å². The molecule has 0 spiro atoms. The zero-order valence-corrected chi connectivity index (χ0v) is 10.0. The topological polar surface area (TPSA) is 73.9 Å². The fraction of sp³-hybridized carbons (Fsp3) is 0.583. The third-order valence-electron chi connectivity index (χ3n) is 2.55. The third kappa shape index (κ3) is 5.01. The molecule has 1 rings (SSSR count). The van der Waals surface area contributed by atoms with Gasteiger partial charge in [0.1, 0.15) is 5.76 Å². The molecule has 1 aromatic heterocycles. The van der Waals surface area contributed by atoms with Crippen LogP contribution in [0, 0.1) is 5.92 Å². The molecule has 1 atom stereocenters. The van der Waals surface area contributed by atoms with Crippen LogP contribution < -0.4 is 0 Å². The zero-order chi connectivity index (χ0) is 12.7. The maximum absolute atomic E-state index is 10.8. The van der Waals surface area contributed by atoms with Gasteiger partial charge in [0.05, 0.1) is 18.7 Å². The molecule has 1 heterocycles. The Morgan fingerprint density at radius 1 is 1.59 bits per heavy atom. The molecule has 17 heavy (non-hydrogen) atoms. The van der Waals surface area contributed by atoms with Crippen molar-refractivity contribution >= 4 is 5.97 Å². The van der Waals surface area contributed by atoms with Crippen LogP contribution in [0.5, 0.6) is 0 Å². The first-order valence-corrected chi connectivity index (χ1v) is 5.72. The standard InChI is InChI=1S/C12H19NO4/c1-10(12(15)16)8-13(5-3-6-14)9-11-4-2-7-17-11/h2,4,7,10,14H,3,5-6,8-9H2,1H3,(H,15,16). The molecule has 0 aliphatic carbocycles. The molecule has 1 unspecified atom stereocenters. The van der Waals surface area contributed by atoms with E-state index in [-0.39, 0.29) is 6.61 Å². The second-order valence-electron chi connectivity index (χ2n) is 4.13. The Hall–Kier alpha value is -1.33. The Morgan fingerprint density at radius 2 is 2.35 bits per heavy atom. The van der Waals surface area contributed by atoms with Gasteiger partial charge in [-0.15, -0.1) is 0 Å². The Balaban J connectivity index is 2.50. The molecule has 0 amide bonds. The van der Waals surface area contributed by atoms with E-state index in [1.54, 1.807) is 19.3 Å². The number of aliphatic hydroxyl groups excluding tert-OH is 1. The quantitative estimate of drug-likeness (QED) is 0.715. The lowest BCUT2D eigenvalue weighted by Gasteiger charge is -2.22. The highest BCUT2D eigenvalue weighted by molar-refractivity contribution is 5.69. The first-order valence-electron chi connectivity index (χ1n) is 5.72. The molecule has 2 N–H and O–H groups in total. The number of carboxylic acid groups (broad SMARTS) is 1. The summed E-state index contributed by atoms with van der Waals surface area (Å²) in [6.07, 6.45) is 2.23. The van der Waals surface area contributed by atoms with Crippen molar-refractivity contribution in [3.8, 4) is 0 Å². The van der Waals surface area contributed by atoms with E-state index in [0.717, 1.165) is 5.76 Å². The molecule has 0 saturated heterocycles. The summed E-state index contributed by atoms with van der Waals surface area (Å²) < 4.78 is 5.23. The van der Waals surface area contributed by atoms with E-state index >= 15 is 0 Å². The molecule has 0 aromatic carbocycles. The Kier molecular flexibility index (Phi) is 5.72. The molecule has 0 bridgehead atoms. The summed E-state index contributed by atoms with van der Waals surface area (Å²) in [5, 5.41) is 17.7. The molecule has 1 aromatic rings. The van der Waals surface area contributed by atoms with E-state index in [9.17, 15) is 4.79 Å². The molecule has 5 heteroatoms. The Morgan fingerprint density at radius 3 is 2.88 bits per heavy atom. The second-order valence-corrected chi connectivity index (χ2v) is 4.13. The predicted molar refractivity (Wildman–Crippen MR) is 62.5 cm³/mol. The van der Waals surface area contributed by atoms with Gasteiger partial charge in [0.25, 0.3) is 0 Å². The Bertz CT molecular complexity index is 323. The fourth-order valence-electron chi connectivity index (χ4n) is 1.62. The molecule has 0 saturated carbocycles. The van der Waals surface area contributed by atoms with E-state index in [1.807, 2.05) is 11.0 Å². The van der Waals surface area contributed by atoms with E-state index in [0.29, 0.717) is 26.1 Å². The molecule has 5 nitrogen and oxygen atoms in total. The van der Waals surface area contributed by atoms with E-state index in [1.165, 1.54) is 0 Å². The van der Waals surface area contributed by atoms with Gasteiger partial charge in [-0.25, -0.2) is 0 Å². The number of hydrogen-bond acceptors (Lipinski definition) is 4. The van der Waals surface area contributed by atoms with Crippen molar-refractivity contribution < 1.29 is 19.4 Å². The van der Waals surface area contributed by atoms with E-state index in [2.05, 4.69) is 0 Å². The maximum Gasteiger partial charge on any atom is 0.307 e. The number of carboxylic acids is 1. The Labute approximate surface area is 101 Å². The third-order valence-corrected chi connectivity index (χ3v) is 2.55. The van der Waals surface area contributed by atoms with Crippen molar-refractivity contribution in [2.45, 2.75) is 19.9 Å². The van der Waals surface area contributed by atoms with Gasteiger partial charge < -0.3 is 14.6 Å². The van der Waals surface area contributed by atoms with Gasteiger partial charge >= 0.3 is 5.97 Å². The summed E-state index contributed by atoms with van der Waals surface area (Å²) >= 11 is 0. The normalized spacial score (nSPS) is 12.9. The predicted octanol–water partition coefficient (Wildman–Crippen LogP) is 1.18. The van der Waals surface area contributed by atoms with Crippen LogP contribution in [0.1, 0.15) is 19.1 Å². The van der Waals surface area contributed by atoms with Crippen molar-refractivity contribution in [3.63, 3.8) is 0 Å². The summed E-state index contributed by atoms with van der Waals surface area (Å²) in [6, 6.07) is 3.66. The summed E-state index contributed by atoms with van der Waals surface area (Å²) in [6.45, 7) is 3.47. The van der Waals surface area contributed by atoms with Gasteiger partial charge in [0, 0.05) is 19.7 Å². The highest BCUT2D eigenvalue weighted by Crippen LogP contribution is 2.09. The van der Waals surface area contributed by atoms with Gasteiger partial charge in [-0.1, -0.05) is 6.92 Å². The van der Waals surface area contributed by atoms with Gasteiger partial charge in [-0.05, 0) is 18.6 Å². The minimum absolute atomic E-state index is 0.107. The number of furan rings is 1. The van der Waals surface area contributed by atoms with Crippen LogP contribution in [0.25, 0.3) is 0 Å². The van der Waals surface area contributed by atoms with Gasteiger partial charge in [0.15, 0.2) is 0 Å². The summed E-state index contributed by atoms with van der Waals surface area (Å²) in [5.41, 5.74) is 0. The SMILES string of the molecule is CC(CN(CCCO)Cc1ccco1)C(=O)O. The number of aliphatic carboxylic acids is 1. The highest BCUT2D eigenvalue weighted by atomic mass is 16.4. The minimum Gasteiger partial charge on any atom is -0.481 e. The second kappa shape index (κ2) is 7.09. The highest BCUT2D eigenvalue weighted by Gasteiger charge is 2.16. The molecule has 0 fully saturated rings. The number of carbonyl (C=O) groups is 1. The number of aliphatic hydroxyl groups is 1. The molecular weight excluding hydrogens is 222 g/mol. The van der Waals surface area contributed by atoms with Crippen molar-refractivity contribution in [1.82, 2.24) is 4.90 Å². The van der Waals surface area contributed by atoms with E-state index in [4.69, 9.17) is 14.6 Å². The monoisotopic (exact) mass is 241 g/mol. The van der Waals surface area contributed by atoms with Crippen LogP contribution in [0.3, 0.4) is 0 Å². The number of hydrogen-bond donors (Lipinski definition) is 2. The fourth-order valence-corrected chi connectivity index (χ4v) is 1.62. The summed E-state index contributed by atoms with van der Waals surface area (Å²) in [5.74, 6) is -0.428. The lowest BCUT2D eigenvalue weighted by molar-refractivity contribution is -0.141. The number of nitrogens with zero attached hydrogens (tertiary/aromatic N) is 1. The molecule has 0 aliphatic rings. The van der Waals surface area contributed by atoms with Crippen molar-refractivity contribution in [2.75, 3.05) is 19.7 Å². The number of rotatable bonds is 8. The maximum atomic E-state index is 10.8. The smallest absolute Gasteiger partial charge is 0.307 e. The van der Waals surface area contributed by atoms with Crippen LogP contribution in [-0.2, 0) is 11.3 Å². The van der Waals surface area contributed by atoms with Gasteiger partial charge in [-0.2, -0.15) is 0 Å². The average molecular weight is 241 g/mol. The van der Waals surface area contributed by atoms with Crippen LogP contribution in [0.2, 0.25) is 0 Å². The molecule has 0 aliphatic heterocycles. The first kappa shape index (κ1) is 13.7. The van der Waals surface area contributed by atoms with Gasteiger partial charge in [-0.3, -0.25) is 9.69 Å². The van der Waals surface area contributed by atoms with Crippen molar-refractivity contribution in [3.05, 3.63) is 24.2 Å². The molecule has 0 radical (unpaired) electrons. The zero-order valence-electron chi connectivity index (χ0n) is 10.0. The first-order chi connectivity index (χ1) is 8.13. The van der Waals surface area contributed by atoms with E-state index < -0.39 is 11.9 Å². The lowest BCUT2D eigenvalue weighted by atomic mass is 10.1. The average Bonchev–Trinajstić information content (AvgIpc) is 2.78. The van der Waals surface area contributed by atoms with Crippen LogP contribution in [0.4, 0.5) is 0 Å². The summed E-state index contributed by atoms with van der Waals surface area (Å²) in [4.78, 5) is 12.8.